The zero-order chi connectivity index (χ0) is 14.1. The molecule has 2 heteroatoms. The summed E-state index contributed by atoms with van der Waals surface area (Å²) in [4.78, 5) is 7.21. The predicted octanol–water partition coefficient (Wildman–Crippen LogP) is 4.50. The average Bonchev–Trinajstić information content (AvgIpc) is 3.09. The van der Waals surface area contributed by atoms with Gasteiger partial charge in [-0.15, -0.1) is 0 Å². The number of pyridine rings is 1. The number of aromatic nitrogens is 1. The van der Waals surface area contributed by atoms with Crippen LogP contribution in [0.5, 0.6) is 0 Å². The summed E-state index contributed by atoms with van der Waals surface area (Å²) in [6.07, 6.45) is 2.63. The van der Waals surface area contributed by atoms with E-state index >= 15 is 0 Å². The third kappa shape index (κ3) is 2.38. The van der Waals surface area contributed by atoms with Crippen LogP contribution in [0.15, 0.2) is 60.7 Å². The molecule has 0 aliphatic carbocycles. The fourth-order valence-electron chi connectivity index (χ4n) is 3.05. The summed E-state index contributed by atoms with van der Waals surface area (Å²) in [5, 5.41) is 1.19. The average molecular weight is 274 g/mol. The zero-order valence-electron chi connectivity index (χ0n) is 12.0. The van der Waals surface area contributed by atoms with Gasteiger partial charge in [-0.2, -0.15) is 0 Å². The molecule has 2 nitrogen and oxygen atoms in total. The molecule has 0 bridgehead atoms. The Hall–Kier alpha value is -2.35. The normalized spacial score (nSPS) is 14.8. The number of anilines is 1. The van der Waals surface area contributed by atoms with E-state index in [2.05, 4.69) is 59.5 Å². The minimum atomic E-state index is 1.04. The summed E-state index contributed by atoms with van der Waals surface area (Å²) in [6.45, 7) is 2.38. The van der Waals surface area contributed by atoms with Crippen molar-refractivity contribution < 1.29 is 0 Å². The molecule has 0 radical (unpaired) electrons. The van der Waals surface area contributed by atoms with E-state index in [0.29, 0.717) is 0 Å². The molecule has 0 atom stereocenters. The molecule has 0 unspecified atom stereocenters. The number of fused-ring (bicyclic) bond motifs is 1. The standard InChI is InChI=1S/C19H18N2/c1-2-6-18-15(5-1)9-12-19(20-18)16-7-10-17(11-8-16)21-13-3-4-14-21/h1-2,5-12H,3-4,13-14H2. The fraction of sp³-hybridized carbons (Fsp3) is 0.211. The zero-order valence-corrected chi connectivity index (χ0v) is 12.0. The fourth-order valence-corrected chi connectivity index (χ4v) is 3.05. The third-order valence-electron chi connectivity index (χ3n) is 4.23. The van der Waals surface area contributed by atoms with Gasteiger partial charge in [-0.1, -0.05) is 36.4 Å². The Labute approximate surface area is 125 Å². The van der Waals surface area contributed by atoms with Gasteiger partial charge in [0.15, 0.2) is 0 Å². The van der Waals surface area contributed by atoms with E-state index in [9.17, 15) is 0 Å². The third-order valence-corrected chi connectivity index (χ3v) is 4.23. The van der Waals surface area contributed by atoms with Gasteiger partial charge >= 0.3 is 0 Å². The second kappa shape index (κ2) is 5.21. The maximum Gasteiger partial charge on any atom is 0.0709 e. The number of rotatable bonds is 2. The van der Waals surface area contributed by atoms with Gasteiger partial charge in [0.2, 0.25) is 0 Å². The highest BCUT2D eigenvalue weighted by Crippen LogP contribution is 2.25. The summed E-state index contributed by atoms with van der Waals surface area (Å²) in [5.41, 5.74) is 4.61. The molecule has 1 saturated heterocycles. The summed E-state index contributed by atoms with van der Waals surface area (Å²) in [7, 11) is 0. The maximum atomic E-state index is 4.76. The highest BCUT2D eigenvalue weighted by atomic mass is 15.1. The first-order valence-electron chi connectivity index (χ1n) is 7.61. The molecule has 0 N–H and O–H groups in total. The van der Waals surface area contributed by atoms with Crippen LogP contribution in [0.3, 0.4) is 0 Å². The van der Waals surface area contributed by atoms with Gasteiger partial charge in [0.05, 0.1) is 11.2 Å². The number of para-hydroxylation sites is 1. The Morgan fingerprint density at radius 3 is 2.33 bits per heavy atom. The van der Waals surface area contributed by atoms with Gasteiger partial charge in [-0.05, 0) is 37.1 Å². The summed E-state index contributed by atoms with van der Waals surface area (Å²) < 4.78 is 0. The van der Waals surface area contributed by atoms with Gasteiger partial charge in [-0.25, -0.2) is 4.98 Å². The highest BCUT2D eigenvalue weighted by Gasteiger charge is 2.12. The van der Waals surface area contributed by atoms with Crippen LogP contribution in [-0.2, 0) is 0 Å². The Bertz CT molecular complexity index is 756. The van der Waals surface area contributed by atoms with Crippen LogP contribution >= 0.6 is 0 Å². The molecule has 1 aromatic heterocycles. The number of hydrogen-bond donors (Lipinski definition) is 0. The minimum absolute atomic E-state index is 1.04. The first-order valence-corrected chi connectivity index (χ1v) is 7.61. The van der Waals surface area contributed by atoms with Gasteiger partial charge < -0.3 is 4.90 Å². The molecule has 0 amide bonds. The smallest absolute Gasteiger partial charge is 0.0709 e. The second-order valence-electron chi connectivity index (χ2n) is 5.63. The van der Waals surface area contributed by atoms with E-state index in [1.54, 1.807) is 0 Å². The largest absolute Gasteiger partial charge is 0.372 e. The molecule has 21 heavy (non-hydrogen) atoms. The van der Waals surface area contributed by atoms with Crippen LogP contribution < -0.4 is 4.90 Å². The number of benzene rings is 2. The predicted molar refractivity (Wildman–Crippen MR) is 88.6 cm³/mol. The van der Waals surface area contributed by atoms with Gasteiger partial charge in [-0.3, -0.25) is 0 Å². The molecule has 3 aromatic rings. The van der Waals surface area contributed by atoms with Crippen molar-refractivity contribution in [2.75, 3.05) is 18.0 Å². The SMILES string of the molecule is c1ccc2nc(-c3ccc(N4CCCC4)cc3)ccc2c1. The Morgan fingerprint density at radius 2 is 1.52 bits per heavy atom. The van der Waals surface area contributed by atoms with Crippen molar-refractivity contribution in [3.05, 3.63) is 60.7 Å². The van der Waals surface area contributed by atoms with Crippen molar-refractivity contribution >= 4 is 16.6 Å². The molecule has 1 aliphatic heterocycles. The van der Waals surface area contributed by atoms with Gasteiger partial charge in [0, 0.05) is 29.7 Å². The minimum Gasteiger partial charge on any atom is -0.372 e. The topological polar surface area (TPSA) is 16.1 Å². The van der Waals surface area contributed by atoms with Crippen LogP contribution in [0.2, 0.25) is 0 Å². The molecule has 4 rings (SSSR count). The van der Waals surface area contributed by atoms with E-state index in [1.165, 1.54) is 42.6 Å². The van der Waals surface area contributed by atoms with Crippen LogP contribution in [0, 0.1) is 0 Å². The monoisotopic (exact) mass is 274 g/mol. The Morgan fingerprint density at radius 1 is 0.762 bits per heavy atom. The van der Waals surface area contributed by atoms with E-state index in [-0.39, 0.29) is 0 Å². The van der Waals surface area contributed by atoms with Crippen LogP contribution in [0.1, 0.15) is 12.8 Å². The molecule has 0 spiro atoms. The molecule has 1 aliphatic rings. The summed E-state index contributed by atoms with van der Waals surface area (Å²) in [6, 6.07) is 21.3. The van der Waals surface area contributed by atoms with Crippen molar-refractivity contribution in [2.24, 2.45) is 0 Å². The lowest BCUT2D eigenvalue weighted by Crippen LogP contribution is -2.17. The molecule has 1 fully saturated rings. The van der Waals surface area contributed by atoms with E-state index in [0.717, 1.165) is 11.2 Å². The maximum absolute atomic E-state index is 4.76. The lowest BCUT2D eigenvalue weighted by Gasteiger charge is -2.17. The highest BCUT2D eigenvalue weighted by molar-refractivity contribution is 5.81. The van der Waals surface area contributed by atoms with E-state index < -0.39 is 0 Å². The molecular weight excluding hydrogens is 256 g/mol. The second-order valence-corrected chi connectivity index (χ2v) is 5.63. The Kier molecular flexibility index (Phi) is 3.07. The van der Waals surface area contributed by atoms with Gasteiger partial charge in [0.1, 0.15) is 0 Å². The van der Waals surface area contributed by atoms with Crippen molar-refractivity contribution in [2.45, 2.75) is 12.8 Å². The van der Waals surface area contributed by atoms with Crippen molar-refractivity contribution in [1.29, 1.82) is 0 Å². The van der Waals surface area contributed by atoms with Crippen LogP contribution in [0.25, 0.3) is 22.2 Å². The number of nitrogens with zero attached hydrogens (tertiary/aromatic N) is 2. The molecule has 2 aromatic carbocycles. The van der Waals surface area contributed by atoms with E-state index in [1.807, 2.05) is 6.07 Å². The lowest BCUT2D eigenvalue weighted by molar-refractivity contribution is 0.949. The molecule has 0 saturated carbocycles. The summed E-state index contributed by atoms with van der Waals surface area (Å²) in [5.74, 6) is 0. The first kappa shape index (κ1) is 12.4. The molecular formula is C19H18N2. The molecule has 2 heterocycles. The van der Waals surface area contributed by atoms with Crippen molar-refractivity contribution in [3.8, 4) is 11.3 Å². The number of hydrogen-bond acceptors (Lipinski definition) is 2. The van der Waals surface area contributed by atoms with Crippen LogP contribution in [0.4, 0.5) is 5.69 Å². The lowest BCUT2D eigenvalue weighted by atomic mass is 10.1. The molecule has 104 valence electrons. The van der Waals surface area contributed by atoms with Crippen molar-refractivity contribution in [3.63, 3.8) is 0 Å². The summed E-state index contributed by atoms with van der Waals surface area (Å²) >= 11 is 0. The first-order chi connectivity index (χ1) is 10.4. The Balaban J connectivity index is 1.67. The quantitative estimate of drug-likeness (QED) is 0.684. The van der Waals surface area contributed by atoms with E-state index in [4.69, 9.17) is 4.98 Å². The van der Waals surface area contributed by atoms with Crippen molar-refractivity contribution in [1.82, 2.24) is 4.98 Å². The van der Waals surface area contributed by atoms with Crippen LogP contribution in [-0.4, -0.2) is 18.1 Å². The van der Waals surface area contributed by atoms with Gasteiger partial charge in [0.25, 0.3) is 0 Å².